The molecular weight excluding hydrogens is 347 g/mol. The second kappa shape index (κ2) is 5.35. The number of ether oxygens (including phenoxy) is 1. The van der Waals surface area contributed by atoms with Crippen molar-refractivity contribution in [1.29, 1.82) is 0 Å². The van der Waals surface area contributed by atoms with Gasteiger partial charge >= 0.3 is 0 Å². The van der Waals surface area contributed by atoms with Crippen LogP contribution in [0.15, 0.2) is 36.4 Å². The summed E-state index contributed by atoms with van der Waals surface area (Å²) >= 11 is 15.8. The molecule has 0 aliphatic carbocycles. The Kier molecular flexibility index (Phi) is 3.75. The summed E-state index contributed by atoms with van der Waals surface area (Å²) in [6.45, 7) is 0.725. The molecule has 0 radical (unpaired) electrons. The van der Waals surface area contributed by atoms with Crippen LogP contribution in [0.25, 0.3) is 0 Å². The van der Waals surface area contributed by atoms with Gasteiger partial charge in [-0.25, -0.2) is 0 Å². The Morgan fingerprint density at radius 1 is 1.05 bits per heavy atom. The predicted molar refractivity (Wildman–Crippen MR) is 82.9 cm³/mol. The second-order valence-electron chi connectivity index (χ2n) is 4.50. The van der Waals surface area contributed by atoms with Crippen molar-refractivity contribution in [3.05, 3.63) is 63.1 Å². The highest BCUT2D eigenvalue weighted by molar-refractivity contribution is 9.09. The lowest BCUT2D eigenvalue weighted by molar-refractivity contribution is 0.354. The Morgan fingerprint density at radius 2 is 1.79 bits per heavy atom. The molecule has 2 aromatic carbocycles. The molecule has 1 unspecified atom stereocenters. The fraction of sp³-hybridized carbons (Fsp3) is 0.200. The van der Waals surface area contributed by atoms with Crippen molar-refractivity contribution in [3.8, 4) is 5.75 Å². The summed E-state index contributed by atoms with van der Waals surface area (Å²) in [6, 6.07) is 11.7. The molecule has 98 valence electrons. The lowest BCUT2D eigenvalue weighted by atomic mass is 10.0. The first-order chi connectivity index (χ1) is 9.15. The zero-order valence-corrected chi connectivity index (χ0v) is 13.1. The summed E-state index contributed by atoms with van der Waals surface area (Å²) in [5, 5.41) is 1.48. The van der Waals surface area contributed by atoms with Crippen molar-refractivity contribution in [2.45, 2.75) is 11.2 Å². The number of alkyl halides is 1. The molecule has 2 aromatic rings. The van der Waals surface area contributed by atoms with E-state index in [4.69, 9.17) is 27.9 Å². The highest BCUT2D eigenvalue weighted by Crippen LogP contribution is 2.42. The van der Waals surface area contributed by atoms with Crippen molar-refractivity contribution in [3.63, 3.8) is 0 Å². The Bertz CT molecular complexity index is 610. The SMILES string of the molecule is Clc1ccc(C(Br)c2cc(Cl)cc3c2OCC3)cc1. The summed E-state index contributed by atoms with van der Waals surface area (Å²) in [7, 11) is 0. The van der Waals surface area contributed by atoms with Crippen LogP contribution in [0.2, 0.25) is 10.0 Å². The van der Waals surface area contributed by atoms with Gasteiger partial charge in [0.05, 0.1) is 11.4 Å². The number of rotatable bonds is 2. The highest BCUT2D eigenvalue weighted by atomic mass is 79.9. The van der Waals surface area contributed by atoms with Crippen LogP contribution in [0.4, 0.5) is 0 Å². The van der Waals surface area contributed by atoms with Crippen molar-refractivity contribution in [1.82, 2.24) is 0 Å². The number of hydrogen-bond acceptors (Lipinski definition) is 1. The van der Waals surface area contributed by atoms with Crippen LogP contribution in [0.1, 0.15) is 21.5 Å². The maximum absolute atomic E-state index is 6.19. The maximum Gasteiger partial charge on any atom is 0.127 e. The van der Waals surface area contributed by atoms with E-state index in [-0.39, 0.29) is 4.83 Å². The van der Waals surface area contributed by atoms with Crippen LogP contribution in [-0.4, -0.2) is 6.61 Å². The van der Waals surface area contributed by atoms with Gasteiger partial charge in [-0.2, -0.15) is 0 Å². The first-order valence-electron chi connectivity index (χ1n) is 6.00. The molecule has 0 spiro atoms. The number of halogens is 3. The minimum Gasteiger partial charge on any atom is -0.493 e. The predicted octanol–water partition coefficient (Wildman–Crippen LogP) is 5.41. The third-order valence-corrected chi connectivity index (χ3v) is 4.70. The highest BCUT2D eigenvalue weighted by Gasteiger charge is 2.22. The molecule has 1 aliphatic heterocycles. The Hall–Kier alpha value is -0.700. The molecule has 4 heteroatoms. The van der Waals surface area contributed by atoms with Gasteiger partial charge in [-0.05, 0) is 35.4 Å². The van der Waals surface area contributed by atoms with Crippen LogP contribution in [0.5, 0.6) is 5.75 Å². The van der Waals surface area contributed by atoms with Crippen LogP contribution in [-0.2, 0) is 6.42 Å². The van der Waals surface area contributed by atoms with Gasteiger partial charge in [-0.15, -0.1) is 0 Å². The lowest BCUT2D eigenvalue weighted by Gasteiger charge is -2.15. The fourth-order valence-electron chi connectivity index (χ4n) is 2.30. The molecule has 0 amide bonds. The van der Waals surface area contributed by atoms with E-state index < -0.39 is 0 Å². The van der Waals surface area contributed by atoms with Gasteiger partial charge in [0.2, 0.25) is 0 Å². The largest absolute Gasteiger partial charge is 0.493 e. The van der Waals surface area contributed by atoms with Crippen LogP contribution >= 0.6 is 39.1 Å². The second-order valence-corrected chi connectivity index (χ2v) is 6.28. The molecule has 0 saturated carbocycles. The van der Waals surface area contributed by atoms with Crippen molar-refractivity contribution in [2.75, 3.05) is 6.61 Å². The minimum atomic E-state index is 0.0512. The topological polar surface area (TPSA) is 9.23 Å². The smallest absolute Gasteiger partial charge is 0.127 e. The fourth-order valence-corrected chi connectivity index (χ4v) is 3.32. The molecule has 0 bridgehead atoms. The summed E-state index contributed by atoms with van der Waals surface area (Å²) in [4.78, 5) is 0.0512. The molecule has 3 rings (SSSR count). The van der Waals surface area contributed by atoms with Gasteiger partial charge in [0.25, 0.3) is 0 Å². The van der Waals surface area contributed by atoms with Gasteiger partial charge in [0.1, 0.15) is 5.75 Å². The van der Waals surface area contributed by atoms with E-state index in [1.165, 1.54) is 5.56 Å². The monoisotopic (exact) mass is 356 g/mol. The standard InChI is InChI=1S/C15H11BrCl2O/c16-14(9-1-3-11(17)4-2-9)13-8-12(18)7-10-5-6-19-15(10)13/h1-4,7-8,14H,5-6H2. The first kappa shape index (κ1) is 13.3. The van der Waals surface area contributed by atoms with E-state index in [9.17, 15) is 0 Å². The summed E-state index contributed by atoms with van der Waals surface area (Å²) < 4.78 is 5.74. The molecule has 19 heavy (non-hydrogen) atoms. The Labute approximate surface area is 130 Å². The normalized spacial score (nSPS) is 14.9. The summed E-state index contributed by atoms with van der Waals surface area (Å²) in [6.07, 6.45) is 0.920. The maximum atomic E-state index is 6.19. The van der Waals surface area contributed by atoms with Gasteiger partial charge in [0, 0.05) is 22.0 Å². The summed E-state index contributed by atoms with van der Waals surface area (Å²) in [5.74, 6) is 0.959. The zero-order chi connectivity index (χ0) is 13.4. The van der Waals surface area contributed by atoms with Crippen molar-refractivity contribution < 1.29 is 4.74 Å². The molecule has 0 saturated heterocycles. The number of benzene rings is 2. The van der Waals surface area contributed by atoms with E-state index in [0.717, 1.165) is 39.9 Å². The molecule has 1 heterocycles. The zero-order valence-electron chi connectivity index (χ0n) is 10.00. The van der Waals surface area contributed by atoms with E-state index in [2.05, 4.69) is 15.9 Å². The molecule has 0 aromatic heterocycles. The van der Waals surface area contributed by atoms with Gasteiger partial charge in [-0.1, -0.05) is 51.3 Å². The molecule has 0 fully saturated rings. The van der Waals surface area contributed by atoms with Crippen molar-refractivity contribution in [2.24, 2.45) is 0 Å². The first-order valence-corrected chi connectivity index (χ1v) is 7.67. The number of hydrogen-bond donors (Lipinski definition) is 0. The van der Waals surface area contributed by atoms with E-state index in [0.29, 0.717) is 0 Å². The molecule has 0 N–H and O–H groups in total. The van der Waals surface area contributed by atoms with Gasteiger partial charge in [0.15, 0.2) is 0 Å². The van der Waals surface area contributed by atoms with Crippen LogP contribution in [0, 0.1) is 0 Å². The number of fused-ring (bicyclic) bond motifs is 1. The molecule has 1 nitrogen and oxygen atoms in total. The van der Waals surface area contributed by atoms with Crippen molar-refractivity contribution >= 4 is 39.1 Å². The quantitative estimate of drug-likeness (QED) is 0.652. The van der Waals surface area contributed by atoms with Crippen LogP contribution in [0.3, 0.4) is 0 Å². The average Bonchev–Trinajstić information content (AvgIpc) is 2.85. The third-order valence-electron chi connectivity index (χ3n) is 3.21. The third kappa shape index (κ3) is 2.62. The Balaban J connectivity index is 2.04. The van der Waals surface area contributed by atoms with Crippen LogP contribution < -0.4 is 4.74 Å². The van der Waals surface area contributed by atoms with E-state index in [1.807, 2.05) is 36.4 Å². The summed E-state index contributed by atoms with van der Waals surface area (Å²) in [5.41, 5.74) is 3.38. The lowest BCUT2D eigenvalue weighted by Crippen LogP contribution is -1.97. The van der Waals surface area contributed by atoms with E-state index >= 15 is 0 Å². The molecular formula is C15H11BrCl2O. The molecule has 1 atom stereocenters. The average molecular weight is 358 g/mol. The van der Waals surface area contributed by atoms with Gasteiger partial charge in [-0.3, -0.25) is 0 Å². The Morgan fingerprint density at radius 3 is 2.53 bits per heavy atom. The molecule has 1 aliphatic rings. The van der Waals surface area contributed by atoms with Gasteiger partial charge < -0.3 is 4.74 Å². The minimum absolute atomic E-state index is 0.0512. The van der Waals surface area contributed by atoms with E-state index in [1.54, 1.807) is 0 Å².